The van der Waals surface area contributed by atoms with Crippen molar-refractivity contribution in [2.75, 3.05) is 10.8 Å². The van der Waals surface area contributed by atoms with Crippen LogP contribution in [-0.2, 0) is 26.2 Å². The van der Waals surface area contributed by atoms with Gasteiger partial charge in [0.1, 0.15) is 12.6 Å². The Balaban J connectivity index is 2.08. The number of hydrogen-bond donors (Lipinski definition) is 1. The van der Waals surface area contributed by atoms with Crippen LogP contribution in [-0.4, -0.2) is 43.8 Å². The second-order valence-electron chi connectivity index (χ2n) is 9.81. The highest BCUT2D eigenvalue weighted by Crippen LogP contribution is 2.29. The summed E-state index contributed by atoms with van der Waals surface area (Å²) in [5.74, 6) is -0.949. The number of aryl methyl sites for hydroxylation is 2. The van der Waals surface area contributed by atoms with Crippen LogP contribution >= 0.6 is 23.2 Å². The van der Waals surface area contributed by atoms with E-state index in [1.165, 1.54) is 17.0 Å². The molecule has 7 nitrogen and oxygen atoms in total. The number of carbonyl (C=O) groups is 2. The van der Waals surface area contributed by atoms with E-state index in [4.69, 9.17) is 23.2 Å². The van der Waals surface area contributed by atoms with Crippen LogP contribution in [0.25, 0.3) is 0 Å². The molecule has 0 aliphatic heterocycles. The highest BCUT2D eigenvalue weighted by Gasteiger charge is 2.33. The van der Waals surface area contributed by atoms with Gasteiger partial charge in [-0.05, 0) is 81.6 Å². The Labute approximate surface area is 247 Å². The van der Waals surface area contributed by atoms with Gasteiger partial charge in [-0.25, -0.2) is 8.42 Å². The van der Waals surface area contributed by atoms with Crippen LogP contribution < -0.4 is 9.62 Å². The number of hydrogen-bond acceptors (Lipinski definition) is 4. The van der Waals surface area contributed by atoms with Crippen LogP contribution in [0.4, 0.5) is 5.69 Å². The van der Waals surface area contributed by atoms with E-state index in [1.54, 1.807) is 55.5 Å². The first kappa shape index (κ1) is 31.5. The maximum absolute atomic E-state index is 14.0. The number of rotatable bonds is 11. The van der Waals surface area contributed by atoms with Crippen LogP contribution in [0.15, 0.2) is 71.6 Å². The van der Waals surface area contributed by atoms with E-state index >= 15 is 0 Å². The second-order valence-corrected chi connectivity index (χ2v) is 12.5. The van der Waals surface area contributed by atoms with Gasteiger partial charge in [0, 0.05) is 28.2 Å². The van der Waals surface area contributed by atoms with Gasteiger partial charge in [-0.15, -0.1) is 0 Å². The number of benzene rings is 3. The minimum Gasteiger partial charge on any atom is -0.352 e. The summed E-state index contributed by atoms with van der Waals surface area (Å²) in [6, 6.07) is 17.1. The zero-order chi connectivity index (χ0) is 29.6. The molecule has 10 heteroatoms. The molecule has 0 bridgehead atoms. The Morgan fingerprint density at radius 2 is 1.52 bits per heavy atom. The summed E-state index contributed by atoms with van der Waals surface area (Å²) in [6.45, 7) is 8.59. The first-order valence-corrected chi connectivity index (χ1v) is 15.2. The number of carbonyl (C=O) groups excluding carboxylic acids is 2. The number of nitrogens with one attached hydrogen (secondary N) is 1. The summed E-state index contributed by atoms with van der Waals surface area (Å²) in [4.78, 5) is 28.6. The van der Waals surface area contributed by atoms with E-state index in [2.05, 4.69) is 5.32 Å². The number of halogens is 2. The third-order valence-electron chi connectivity index (χ3n) is 6.95. The number of amides is 2. The van der Waals surface area contributed by atoms with Crippen molar-refractivity contribution in [1.82, 2.24) is 10.2 Å². The predicted octanol–water partition coefficient (Wildman–Crippen LogP) is 6.14. The molecule has 40 heavy (non-hydrogen) atoms. The normalized spacial score (nSPS) is 12.9. The van der Waals surface area contributed by atoms with Crippen LogP contribution in [0, 0.1) is 13.8 Å². The van der Waals surface area contributed by atoms with E-state index in [1.807, 2.05) is 33.8 Å². The lowest BCUT2D eigenvalue weighted by molar-refractivity contribution is -0.139. The topological polar surface area (TPSA) is 86.8 Å². The lowest BCUT2D eigenvalue weighted by Gasteiger charge is -2.33. The van der Waals surface area contributed by atoms with Gasteiger partial charge in [-0.1, -0.05) is 60.5 Å². The van der Waals surface area contributed by atoms with Crippen LogP contribution in [0.3, 0.4) is 0 Å². The zero-order valence-electron chi connectivity index (χ0n) is 23.3. The van der Waals surface area contributed by atoms with Gasteiger partial charge < -0.3 is 10.2 Å². The fourth-order valence-electron chi connectivity index (χ4n) is 4.03. The van der Waals surface area contributed by atoms with Crippen molar-refractivity contribution >= 4 is 50.7 Å². The maximum Gasteiger partial charge on any atom is 0.264 e. The third-order valence-corrected chi connectivity index (χ3v) is 9.44. The summed E-state index contributed by atoms with van der Waals surface area (Å²) in [5, 5.41) is 3.58. The van der Waals surface area contributed by atoms with Gasteiger partial charge in [0.2, 0.25) is 11.8 Å². The molecule has 0 aliphatic rings. The first-order chi connectivity index (χ1) is 18.9. The Hall–Kier alpha value is -3.07. The summed E-state index contributed by atoms with van der Waals surface area (Å²) in [6.07, 6.45) is 0.707. The van der Waals surface area contributed by atoms with Crippen molar-refractivity contribution in [3.8, 4) is 0 Å². The molecule has 0 heterocycles. The quantitative estimate of drug-likeness (QED) is 0.285. The molecule has 3 aromatic carbocycles. The molecule has 3 aromatic rings. The van der Waals surface area contributed by atoms with Gasteiger partial charge >= 0.3 is 0 Å². The Morgan fingerprint density at radius 3 is 2.10 bits per heavy atom. The molecule has 0 saturated carbocycles. The minimum atomic E-state index is -4.14. The Bertz CT molecular complexity index is 1440. The molecular weight excluding hydrogens is 569 g/mol. The SMILES string of the molecule is CCC(C)NC(=O)C(C)N(Cc1c(Cl)cccc1Cl)C(=O)CN(c1ccc(C)c(C)c1)S(=O)(=O)c1ccccc1. The molecular formula is C30H35Cl2N3O4S. The Morgan fingerprint density at radius 1 is 0.900 bits per heavy atom. The molecule has 2 atom stereocenters. The van der Waals surface area contributed by atoms with Gasteiger partial charge in [0.05, 0.1) is 10.6 Å². The molecule has 214 valence electrons. The zero-order valence-corrected chi connectivity index (χ0v) is 25.6. The standard InChI is InChI=1S/C30H35Cl2N3O4S/c1-6-22(4)33-30(37)23(5)34(18-26-27(31)13-10-14-28(26)32)29(36)19-35(24-16-15-20(2)21(3)17-24)40(38,39)25-11-8-7-9-12-25/h7-17,22-23H,6,18-19H2,1-5H3,(H,33,37). The largest absolute Gasteiger partial charge is 0.352 e. The summed E-state index contributed by atoms with van der Waals surface area (Å²) < 4.78 is 28.8. The van der Waals surface area contributed by atoms with Gasteiger partial charge in [0.15, 0.2) is 0 Å². The Kier molecular flexibility index (Phi) is 10.6. The van der Waals surface area contributed by atoms with E-state index in [0.717, 1.165) is 15.4 Å². The van der Waals surface area contributed by atoms with Gasteiger partial charge in [-0.3, -0.25) is 13.9 Å². The maximum atomic E-state index is 14.0. The van der Waals surface area contributed by atoms with Crippen molar-refractivity contribution in [3.63, 3.8) is 0 Å². The molecule has 2 amide bonds. The lowest BCUT2D eigenvalue weighted by Crippen LogP contribution is -2.52. The van der Waals surface area contributed by atoms with E-state index in [9.17, 15) is 18.0 Å². The van der Waals surface area contributed by atoms with E-state index < -0.39 is 28.5 Å². The minimum absolute atomic E-state index is 0.0456. The molecule has 0 radical (unpaired) electrons. The van der Waals surface area contributed by atoms with Crippen LogP contribution in [0.2, 0.25) is 10.0 Å². The molecule has 0 saturated heterocycles. The fraction of sp³-hybridized carbons (Fsp3) is 0.333. The summed E-state index contributed by atoms with van der Waals surface area (Å²) >= 11 is 12.9. The van der Waals surface area contributed by atoms with E-state index in [0.29, 0.717) is 27.7 Å². The monoisotopic (exact) mass is 603 g/mol. The van der Waals surface area contributed by atoms with Crippen molar-refractivity contribution in [2.45, 2.75) is 64.6 Å². The fourth-order valence-corrected chi connectivity index (χ4v) is 5.98. The summed E-state index contributed by atoms with van der Waals surface area (Å²) in [5.41, 5.74) is 2.66. The predicted molar refractivity (Wildman–Crippen MR) is 161 cm³/mol. The molecule has 0 fully saturated rings. The molecule has 0 aromatic heterocycles. The molecule has 0 spiro atoms. The second kappa shape index (κ2) is 13.5. The molecule has 0 aliphatic carbocycles. The highest BCUT2D eigenvalue weighted by atomic mass is 35.5. The van der Waals surface area contributed by atoms with Crippen molar-refractivity contribution < 1.29 is 18.0 Å². The molecule has 3 rings (SSSR count). The lowest BCUT2D eigenvalue weighted by atomic mass is 10.1. The van der Waals surface area contributed by atoms with Crippen LogP contribution in [0.5, 0.6) is 0 Å². The highest BCUT2D eigenvalue weighted by molar-refractivity contribution is 7.92. The smallest absolute Gasteiger partial charge is 0.264 e. The number of anilines is 1. The van der Waals surface area contributed by atoms with Crippen molar-refractivity contribution in [2.24, 2.45) is 0 Å². The van der Waals surface area contributed by atoms with Gasteiger partial charge in [0.25, 0.3) is 10.0 Å². The average Bonchev–Trinajstić information content (AvgIpc) is 2.93. The molecule has 1 N–H and O–H groups in total. The van der Waals surface area contributed by atoms with Gasteiger partial charge in [-0.2, -0.15) is 0 Å². The molecule has 2 unspecified atom stereocenters. The number of nitrogens with zero attached hydrogens (tertiary/aromatic N) is 2. The summed E-state index contributed by atoms with van der Waals surface area (Å²) in [7, 11) is -4.14. The van der Waals surface area contributed by atoms with Crippen molar-refractivity contribution in [1.29, 1.82) is 0 Å². The van der Waals surface area contributed by atoms with E-state index in [-0.39, 0.29) is 23.4 Å². The number of sulfonamides is 1. The third kappa shape index (κ3) is 7.36. The van der Waals surface area contributed by atoms with Crippen molar-refractivity contribution in [3.05, 3.63) is 93.5 Å². The average molecular weight is 605 g/mol. The van der Waals surface area contributed by atoms with Crippen LogP contribution in [0.1, 0.15) is 43.9 Å². The first-order valence-electron chi connectivity index (χ1n) is 13.0.